The van der Waals surface area contributed by atoms with Gasteiger partial charge in [0.25, 0.3) is 0 Å². The van der Waals surface area contributed by atoms with E-state index in [4.69, 9.17) is 10.5 Å². The Morgan fingerprint density at radius 2 is 2.00 bits per heavy atom. The van der Waals surface area contributed by atoms with Crippen molar-refractivity contribution in [2.45, 2.75) is 45.8 Å². The predicted molar refractivity (Wildman–Crippen MR) is 64.0 cm³/mol. The number of amides is 1. The summed E-state index contributed by atoms with van der Waals surface area (Å²) in [5.41, 5.74) is 5.45. The van der Waals surface area contributed by atoms with Crippen molar-refractivity contribution in [1.29, 1.82) is 0 Å². The molecule has 1 aliphatic rings. The number of morpholine rings is 1. The monoisotopic (exact) mass is 228 g/mol. The van der Waals surface area contributed by atoms with Crippen LogP contribution < -0.4 is 5.73 Å². The van der Waals surface area contributed by atoms with Crippen molar-refractivity contribution in [3.63, 3.8) is 0 Å². The summed E-state index contributed by atoms with van der Waals surface area (Å²) in [6.07, 6.45) is 2.10. The van der Waals surface area contributed by atoms with Crippen LogP contribution in [0.2, 0.25) is 0 Å². The van der Waals surface area contributed by atoms with Crippen LogP contribution in [-0.2, 0) is 9.53 Å². The Hall–Kier alpha value is -0.610. The molecule has 1 unspecified atom stereocenters. The lowest BCUT2D eigenvalue weighted by atomic mass is 10.0. The molecule has 1 aliphatic heterocycles. The first-order chi connectivity index (χ1) is 7.54. The maximum absolute atomic E-state index is 12.1. The van der Waals surface area contributed by atoms with E-state index >= 15 is 0 Å². The fourth-order valence-electron chi connectivity index (χ4n) is 2.22. The molecule has 4 heteroatoms. The molecule has 0 aromatic heterocycles. The summed E-state index contributed by atoms with van der Waals surface area (Å²) in [5.74, 6) is 0.330. The van der Waals surface area contributed by atoms with Crippen molar-refractivity contribution in [3.05, 3.63) is 0 Å². The lowest BCUT2D eigenvalue weighted by Crippen LogP contribution is -2.49. The highest BCUT2D eigenvalue weighted by molar-refractivity contribution is 5.78. The molecule has 0 aromatic carbocycles. The zero-order chi connectivity index (χ0) is 12.1. The third kappa shape index (κ3) is 3.76. The van der Waals surface area contributed by atoms with Gasteiger partial charge in [-0.1, -0.05) is 6.92 Å². The Balaban J connectivity index is 2.45. The van der Waals surface area contributed by atoms with Crippen LogP contribution in [0, 0.1) is 5.92 Å². The number of ether oxygens (including phenoxy) is 1. The normalized spacial score (nSPS) is 27.9. The summed E-state index contributed by atoms with van der Waals surface area (Å²) in [5, 5.41) is 0. The molecular formula is C12H24N2O2. The Morgan fingerprint density at radius 1 is 1.44 bits per heavy atom. The highest BCUT2D eigenvalue weighted by Gasteiger charge is 2.28. The van der Waals surface area contributed by atoms with E-state index in [1.165, 1.54) is 0 Å². The first-order valence-electron chi connectivity index (χ1n) is 6.19. The van der Waals surface area contributed by atoms with E-state index in [0.29, 0.717) is 6.54 Å². The molecule has 0 bridgehead atoms. The van der Waals surface area contributed by atoms with E-state index in [1.54, 1.807) is 0 Å². The molecule has 0 aliphatic carbocycles. The van der Waals surface area contributed by atoms with Gasteiger partial charge in [0, 0.05) is 19.0 Å². The first kappa shape index (κ1) is 13.5. The highest BCUT2D eigenvalue weighted by atomic mass is 16.5. The quantitative estimate of drug-likeness (QED) is 0.781. The third-order valence-corrected chi connectivity index (χ3v) is 2.99. The lowest BCUT2D eigenvalue weighted by Gasteiger charge is -2.36. The van der Waals surface area contributed by atoms with Crippen molar-refractivity contribution in [1.82, 2.24) is 4.90 Å². The largest absolute Gasteiger partial charge is 0.372 e. The van der Waals surface area contributed by atoms with Crippen molar-refractivity contribution in [2.75, 3.05) is 19.6 Å². The smallest absolute Gasteiger partial charge is 0.225 e. The zero-order valence-electron chi connectivity index (χ0n) is 10.6. The standard InChI is InChI=1S/C12H24N2O2/c1-9(5-4-6-13)12(15)14-7-10(2)16-11(3)8-14/h9-11H,4-8,13H2,1-3H3/t9?,10-,11+. The van der Waals surface area contributed by atoms with Crippen molar-refractivity contribution < 1.29 is 9.53 Å². The Bertz CT molecular complexity index is 223. The second-order valence-corrected chi connectivity index (χ2v) is 4.83. The molecule has 1 rings (SSSR count). The van der Waals surface area contributed by atoms with Gasteiger partial charge in [0.15, 0.2) is 0 Å². The second kappa shape index (κ2) is 6.21. The molecule has 0 saturated carbocycles. The number of rotatable bonds is 4. The number of carbonyl (C=O) groups is 1. The molecule has 2 N–H and O–H groups in total. The van der Waals surface area contributed by atoms with Crippen LogP contribution in [0.4, 0.5) is 0 Å². The van der Waals surface area contributed by atoms with E-state index < -0.39 is 0 Å². The minimum Gasteiger partial charge on any atom is -0.372 e. The minimum atomic E-state index is 0.0843. The zero-order valence-corrected chi connectivity index (χ0v) is 10.6. The highest BCUT2D eigenvalue weighted by Crippen LogP contribution is 2.16. The lowest BCUT2D eigenvalue weighted by molar-refractivity contribution is -0.147. The average Bonchev–Trinajstić information content (AvgIpc) is 2.23. The van der Waals surface area contributed by atoms with Gasteiger partial charge in [-0.15, -0.1) is 0 Å². The molecule has 16 heavy (non-hydrogen) atoms. The molecule has 1 heterocycles. The fourth-order valence-corrected chi connectivity index (χ4v) is 2.22. The Morgan fingerprint density at radius 3 is 2.50 bits per heavy atom. The Labute approximate surface area is 98.1 Å². The SMILES string of the molecule is CC(CCCN)C(=O)N1C[C@@H](C)O[C@@H](C)C1. The average molecular weight is 228 g/mol. The van der Waals surface area contributed by atoms with Gasteiger partial charge < -0.3 is 15.4 Å². The summed E-state index contributed by atoms with van der Waals surface area (Å²) in [6.45, 7) is 8.11. The maximum Gasteiger partial charge on any atom is 0.225 e. The predicted octanol–water partition coefficient (Wildman–Crippen LogP) is 0.997. The second-order valence-electron chi connectivity index (χ2n) is 4.83. The third-order valence-electron chi connectivity index (χ3n) is 2.99. The molecule has 3 atom stereocenters. The van der Waals surface area contributed by atoms with Gasteiger partial charge in [-0.25, -0.2) is 0 Å². The van der Waals surface area contributed by atoms with Gasteiger partial charge in [0.05, 0.1) is 12.2 Å². The first-order valence-corrected chi connectivity index (χ1v) is 6.19. The van der Waals surface area contributed by atoms with Gasteiger partial charge in [0.2, 0.25) is 5.91 Å². The van der Waals surface area contributed by atoms with Gasteiger partial charge in [-0.05, 0) is 33.2 Å². The van der Waals surface area contributed by atoms with Crippen LogP contribution >= 0.6 is 0 Å². The summed E-state index contributed by atoms with van der Waals surface area (Å²) in [7, 11) is 0. The molecular weight excluding hydrogens is 204 g/mol. The van der Waals surface area contributed by atoms with Crippen molar-refractivity contribution in [2.24, 2.45) is 11.7 Å². The Kier molecular flexibility index (Phi) is 5.22. The molecule has 0 radical (unpaired) electrons. The molecule has 4 nitrogen and oxygen atoms in total. The number of nitrogens with zero attached hydrogens (tertiary/aromatic N) is 1. The van der Waals surface area contributed by atoms with Crippen LogP contribution in [-0.4, -0.2) is 42.6 Å². The topological polar surface area (TPSA) is 55.6 Å². The van der Waals surface area contributed by atoms with Crippen LogP contribution in [0.15, 0.2) is 0 Å². The van der Waals surface area contributed by atoms with Gasteiger partial charge in [-0.3, -0.25) is 4.79 Å². The maximum atomic E-state index is 12.1. The van der Waals surface area contributed by atoms with E-state index in [0.717, 1.165) is 25.9 Å². The molecule has 1 saturated heterocycles. The van der Waals surface area contributed by atoms with Crippen molar-refractivity contribution >= 4 is 5.91 Å². The molecule has 1 amide bonds. The van der Waals surface area contributed by atoms with Gasteiger partial charge in [0.1, 0.15) is 0 Å². The minimum absolute atomic E-state index is 0.0843. The van der Waals surface area contributed by atoms with Crippen LogP contribution in [0.5, 0.6) is 0 Å². The van der Waals surface area contributed by atoms with Crippen LogP contribution in [0.1, 0.15) is 33.6 Å². The number of hydrogen-bond donors (Lipinski definition) is 1. The molecule has 1 fully saturated rings. The fraction of sp³-hybridized carbons (Fsp3) is 0.917. The van der Waals surface area contributed by atoms with Gasteiger partial charge in [-0.2, -0.15) is 0 Å². The van der Waals surface area contributed by atoms with E-state index in [1.807, 2.05) is 25.7 Å². The van der Waals surface area contributed by atoms with Crippen LogP contribution in [0.25, 0.3) is 0 Å². The van der Waals surface area contributed by atoms with E-state index in [-0.39, 0.29) is 24.0 Å². The summed E-state index contributed by atoms with van der Waals surface area (Å²) < 4.78 is 5.61. The van der Waals surface area contributed by atoms with E-state index in [9.17, 15) is 4.79 Å². The number of nitrogens with two attached hydrogens (primary N) is 1. The molecule has 0 spiro atoms. The summed E-state index contributed by atoms with van der Waals surface area (Å²) in [4.78, 5) is 14.1. The molecule has 94 valence electrons. The summed E-state index contributed by atoms with van der Waals surface area (Å²) in [6, 6.07) is 0. The number of carbonyl (C=O) groups excluding carboxylic acids is 1. The van der Waals surface area contributed by atoms with Gasteiger partial charge >= 0.3 is 0 Å². The van der Waals surface area contributed by atoms with Crippen LogP contribution in [0.3, 0.4) is 0 Å². The number of hydrogen-bond acceptors (Lipinski definition) is 3. The van der Waals surface area contributed by atoms with E-state index in [2.05, 4.69) is 0 Å². The van der Waals surface area contributed by atoms with Crippen molar-refractivity contribution in [3.8, 4) is 0 Å². The summed E-state index contributed by atoms with van der Waals surface area (Å²) >= 11 is 0. The molecule has 0 aromatic rings.